The third-order valence-corrected chi connectivity index (χ3v) is 9.77. The Hall–Kier alpha value is -4.70. The Labute approximate surface area is 317 Å². The number of alkyl halides is 3. The number of amides is 2. The molecule has 3 aromatic rings. The molecular weight excluding hydrogens is 733 g/mol. The number of hydrogen-bond donors (Lipinski definition) is 0. The van der Waals surface area contributed by atoms with Crippen LogP contribution in [0.1, 0.15) is 83.3 Å². The van der Waals surface area contributed by atoms with Crippen molar-refractivity contribution in [1.29, 1.82) is 10.5 Å². The molecule has 3 fully saturated rings. The highest BCUT2D eigenvalue weighted by molar-refractivity contribution is 7.81. The second-order valence-electron chi connectivity index (χ2n) is 11.9. The monoisotopic (exact) mass is 770 g/mol. The minimum absolute atomic E-state index is 0.0584. The van der Waals surface area contributed by atoms with E-state index in [1.54, 1.807) is 27.0 Å². The molecule has 16 heteroatoms. The lowest BCUT2D eigenvalue weighted by Crippen LogP contribution is -2.55. The summed E-state index contributed by atoms with van der Waals surface area (Å²) in [7, 11) is 1.59. The molecule has 0 unspecified atom stereocenters. The van der Waals surface area contributed by atoms with Crippen molar-refractivity contribution in [3.63, 3.8) is 0 Å². The van der Waals surface area contributed by atoms with Crippen LogP contribution in [0.25, 0.3) is 0 Å². The highest BCUT2D eigenvalue weighted by Crippen LogP contribution is 2.48. The number of hydrogen-bond acceptors (Lipinski definition) is 8. The standard InChI is InChI=1S/C19H15ClN4OS.C13H11F3N4OS.2C2H6/c1-12-3-5-13(6-4-12)24-18(26)23(17(25)19(24)7-2-8-19)14-9-15(20)16(10-21)22-11-14;1-12(2)10(21)20(11(22)19(12)3)7-4-8(13(14,15)16)9(5-17)18-6-7;2*1-2/h3-6,9,11H,2,7-8H2,1H3;4,6H,1-3H3;2*1-2H3. The zero-order valence-electron chi connectivity index (χ0n) is 30.0. The number of likely N-dealkylation sites (N-methyl/N-ethyl adjacent to an activating group) is 1. The fourth-order valence-corrected chi connectivity index (χ4v) is 6.62. The van der Waals surface area contributed by atoms with Crippen LogP contribution in [-0.4, -0.2) is 55.0 Å². The summed E-state index contributed by atoms with van der Waals surface area (Å²) in [6.07, 6.45) is 0.255. The van der Waals surface area contributed by atoms with Crippen LogP contribution >= 0.6 is 36.0 Å². The van der Waals surface area contributed by atoms with Crippen molar-refractivity contribution in [2.24, 2.45) is 0 Å². The summed E-state index contributed by atoms with van der Waals surface area (Å²) in [4.78, 5) is 39.2. The summed E-state index contributed by atoms with van der Waals surface area (Å²) < 4.78 is 39.0. The van der Waals surface area contributed by atoms with Gasteiger partial charge in [0.1, 0.15) is 23.2 Å². The maximum Gasteiger partial charge on any atom is 0.419 e. The van der Waals surface area contributed by atoms with Crippen LogP contribution < -0.4 is 14.7 Å². The third-order valence-electron chi connectivity index (χ3n) is 8.66. The van der Waals surface area contributed by atoms with Crippen LogP contribution in [0.15, 0.2) is 48.8 Å². The SMILES string of the molecule is CC.CC.CN1C(=S)N(c2cnc(C#N)c(C(F)(F)F)c2)C(=O)C1(C)C.Cc1ccc(N2C(=S)N(c3cnc(C#N)c(Cl)c3)C(=O)C23CCC3)cc1. The van der Waals surface area contributed by atoms with Crippen molar-refractivity contribution in [1.82, 2.24) is 14.9 Å². The Morgan fingerprint density at radius 2 is 1.33 bits per heavy atom. The number of anilines is 3. The van der Waals surface area contributed by atoms with Gasteiger partial charge in [-0.3, -0.25) is 19.4 Å². The molecule has 4 heterocycles. The molecule has 1 spiro atoms. The van der Waals surface area contributed by atoms with Gasteiger partial charge in [-0.15, -0.1) is 0 Å². The van der Waals surface area contributed by atoms with Crippen LogP contribution in [0, 0.1) is 29.6 Å². The molecule has 10 nitrogen and oxygen atoms in total. The number of thiocarbonyl (C=S) groups is 2. The zero-order valence-corrected chi connectivity index (χ0v) is 32.4. The Morgan fingerprint density at radius 1 is 0.827 bits per heavy atom. The molecule has 0 radical (unpaired) electrons. The fraction of sp³-hybridized carbons (Fsp3) is 0.389. The van der Waals surface area contributed by atoms with Crippen molar-refractivity contribution in [2.45, 2.75) is 85.0 Å². The number of nitriles is 2. The van der Waals surface area contributed by atoms with Gasteiger partial charge in [-0.2, -0.15) is 23.7 Å². The highest BCUT2D eigenvalue weighted by Gasteiger charge is 2.59. The van der Waals surface area contributed by atoms with E-state index >= 15 is 0 Å². The van der Waals surface area contributed by atoms with Crippen LogP contribution in [0.3, 0.4) is 0 Å². The minimum Gasteiger partial charge on any atom is -0.337 e. The topological polar surface area (TPSA) is 120 Å². The first-order chi connectivity index (χ1) is 24.5. The molecule has 52 heavy (non-hydrogen) atoms. The van der Waals surface area contributed by atoms with Crippen molar-refractivity contribution in [2.75, 3.05) is 21.7 Å². The maximum atomic E-state index is 13.3. The average Bonchev–Trinajstić information content (AvgIpc) is 3.44. The van der Waals surface area contributed by atoms with E-state index in [2.05, 4.69) is 9.97 Å². The van der Waals surface area contributed by atoms with Gasteiger partial charge in [0.2, 0.25) is 0 Å². The average molecular weight is 771 g/mol. The van der Waals surface area contributed by atoms with E-state index in [4.69, 9.17) is 46.6 Å². The van der Waals surface area contributed by atoms with Crippen molar-refractivity contribution in [3.8, 4) is 12.1 Å². The Morgan fingerprint density at radius 3 is 1.75 bits per heavy atom. The Balaban J connectivity index is 0.000000259. The minimum atomic E-state index is -4.75. The quantitative estimate of drug-likeness (QED) is 0.241. The van der Waals surface area contributed by atoms with E-state index in [9.17, 15) is 22.8 Å². The molecule has 274 valence electrons. The number of nitrogens with zero attached hydrogens (tertiary/aromatic N) is 8. The number of carbonyl (C=O) groups excluding carboxylic acids is 2. The number of halogens is 4. The summed E-state index contributed by atoms with van der Waals surface area (Å²) in [6.45, 7) is 13.2. The van der Waals surface area contributed by atoms with E-state index < -0.39 is 34.4 Å². The Bertz CT molecular complexity index is 1950. The van der Waals surface area contributed by atoms with Crippen molar-refractivity contribution < 1.29 is 22.8 Å². The second kappa shape index (κ2) is 16.3. The molecule has 0 bridgehead atoms. The Kier molecular flexibility index (Phi) is 13.1. The van der Waals surface area contributed by atoms with Crippen molar-refractivity contribution >= 4 is 75.1 Å². The molecule has 2 saturated heterocycles. The van der Waals surface area contributed by atoms with Gasteiger partial charge in [0, 0.05) is 12.7 Å². The molecule has 3 aliphatic rings. The van der Waals surface area contributed by atoms with Crippen LogP contribution in [-0.2, 0) is 15.8 Å². The number of rotatable bonds is 3. The van der Waals surface area contributed by atoms with E-state index in [1.807, 2.05) is 69.9 Å². The predicted molar refractivity (Wildman–Crippen MR) is 203 cm³/mol. The molecule has 2 amide bonds. The summed E-state index contributed by atoms with van der Waals surface area (Å²) in [5.41, 5.74) is -0.991. The fourth-order valence-electron chi connectivity index (χ4n) is 5.54. The molecule has 2 aromatic heterocycles. The summed E-state index contributed by atoms with van der Waals surface area (Å²) >= 11 is 16.9. The van der Waals surface area contributed by atoms with E-state index in [1.165, 1.54) is 22.1 Å². The zero-order chi connectivity index (χ0) is 39.3. The van der Waals surface area contributed by atoms with Crippen LogP contribution in [0.5, 0.6) is 0 Å². The highest BCUT2D eigenvalue weighted by atomic mass is 35.5. The van der Waals surface area contributed by atoms with Gasteiger partial charge in [-0.25, -0.2) is 9.97 Å². The van der Waals surface area contributed by atoms with E-state index in [0.717, 1.165) is 41.6 Å². The van der Waals surface area contributed by atoms with Gasteiger partial charge in [0.25, 0.3) is 11.8 Å². The third kappa shape index (κ3) is 7.44. The van der Waals surface area contributed by atoms with Crippen LogP contribution in [0.2, 0.25) is 5.02 Å². The maximum absolute atomic E-state index is 13.3. The van der Waals surface area contributed by atoms with Crippen molar-refractivity contribution in [3.05, 3.63) is 76.3 Å². The van der Waals surface area contributed by atoms with Gasteiger partial charge >= 0.3 is 6.18 Å². The molecule has 6 rings (SSSR count). The lowest BCUT2D eigenvalue weighted by molar-refractivity contribution is -0.138. The second-order valence-corrected chi connectivity index (χ2v) is 13.0. The lowest BCUT2D eigenvalue weighted by Gasteiger charge is -2.43. The largest absolute Gasteiger partial charge is 0.419 e. The number of benzene rings is 1. The van der Waals surface area contributed by atoms with Gasteiger partial charge in [0.15, 0.2) is 21.6 Å². The van der Waals surface area contributed by atoms with E-state index in [-0.39, 0.29) is 27.4 Å². The predicted octanol–water partition coefficient (Wildman–Crippen LogP) is 8.34. The molecule has 0 N–H and O–H groups in total. The van der Waals surface area contributed by atoms with Gasteiger partial charge < -0.3 is 9.80 Å². The van der Waals surface area contributed by atoms with Gasteiger partial charge in [0.05, 0.1) is 34.4 Å². The number of aryl methyl sites for hydroxylation is 1. The van der Waals surface area contributed by atoms with Gasteiger partial charge in [-0.05, 0) is 88.7 Å². The molecule has 1 aliphatic carbocycles. The van der Waals surface area contributed by atoms with Crippen LogP contribution in [0.4, 0.5) is 30.2 Å². The number of pyridine rings is 2. The first-order valence-electron chi connectivity index (χ1n) is 16.4. The first-order valence-corrected chi connectivity index (χ1v) is 17.6. The first kappa shape index (κ1) is 41.7. The molecule has 1 saturated carbocycles. The molecular formula is C36H38ClF3N8O2S2. The molecule has 2 aliphatic heterocycles. The number of carbonyl (C=O) groups is 2. The summed E-state index contributed by atoms with van der Waals surface area (Å²) in [5, 5.41) is 18.5. The summed E-state index contributed by atoms with van der Waals surface area (Å²) in [6, 6.07) is 13.6. The summed E-state index contributed by atoms with van der Waals surface area (Å²) in [5.74, 6) is -0.517. The molecule has 0 atom stereocenters. The van der Waals surface area contributed by atoms with E-state index in [0.29, 0.717) is 16.9 Å². The smallest absolute Gasteiger partial charge is 0.337 e. The van der Waals surface area contributed by atoms with Gasteiger partial charge in [-0.1, -0.05) is 57.0 Å². The normalized spacial score (nSPS) is 16.9. The molecule has 1 aromatic carbocycles. The lowest BCUT2D eigenvalue weighted by atomic mass is 9.75. The number of aromatic nitrogens is 2.